The number of guanidine groups is 1. The van der Waals surface area contributed by atoms with Gasteiger partial charge in [0.1, 0.15) is 0 Å². The summed E-state index contributed by atoms with van der Waals surface area (Å²) in [7, 11) is 0. The number of hydrogen-bond donors (Lipinski definition) is 2. The molecule has 0 aliphatic carbocycles. The lowest BCUT2D eigenvalue weighted by Crippen LogP contribution is -2.52. The Hall–Kier alpha value is -1.39. The summed E-state index contributed by atoms with van der Waals surface area (Å²) in [6.07, 6.45) is 2.74. The summed E-state index contributed by atoms with van der Waals surface area (Å²) in [6, 6.07) is 8.70. The first-order valence-electron chi connectivity index (χ1n) is 11.8. The van der Waals surface area contributed by atoms with Crippen molar-refractivity contribution in [2.45, 2.75) is 52.6 Å². The minimum atomic E-state index is 0. The van der Waals surface area contributed by atoms with E-state index in [4.69, 9.17) is 9.73 Å². The van der Waals surface area contributed by atoms with E-state index < -0.39 is 0 Å². The molecule has 0 spiro atoms. The molecule has 7 nitrogen and oxygen atoms in total. The van der Waals surface area contributed by atoms with E-state index in [1.165, 1.54) is 0 Å². The molecule has 1 aromatic carbocycles. The summed E-state index contributed by atoms with van der Waals surface area (Å²) in [4.78, 5) is 21.3. The van der Waals surface area contributed by atoms with Crippen LogP contribution < -0.4 is 15.5 Å². The fourth-order valence-corrected chi connectivity index (χ4v) is 4.27. The quantitative estimate of drug-likeness (QED) is 0.292. The van der Waals surface area contributed by atoms with E-state index in [-0.39, 0.29) is 29.9 Å². The molecule has 0 saturated carbocycles. The molecule has 32 heavy (non-hydrogen) atoms. The molecule has 2 aliphatic heterocycles. The van der Waals surface area contributed by atoms with Gasteiger partial charge in [-0.1, -0.05) is 26.0 Å². The van der Waals surface area contributed by atoms with Crippen molar-refractivity contribution < 1.29 is 9.53 Å². The molecule has 1 unspecified atom stereocenters. The van der Waals surface area contributed by atoms with Crippen LogP contribution in [0.4, 0.5) is 5.69 Å². The smallest absolute Gasteiger partial charge is 0.226 e. The van der Waals surface area contributed by atoms with Gasteiger partial charge in [0, 0.05) is 50.9 Å². The number of nitrogens with one attached hydrogen (secondary N) is 2. The van der Waals surface area contributed by atoms with Gasteiger partial charge in [0.15, 0.2) is 5.96 Å². The van der Waals surface area contributed by atoms with Crippen molar-refractivity contribution >= 4 is 41.5 Å². The molecule has 3 rings (SSSR count). The number of carbonyl (C=O) groups is 1. The summed E-state index contributed by atoms with van der Waals surface area (Å²) < 4.78 is 5.51. The third kappa shape index (κ3) is 7.88. The Bertz CT molecular complexity index is 720. The molecule has 2 heterocycles. The van der Waals surface area contributed by atoms with Crippen molar-refractivity contribution in [3.05, 3.63) is 29.8 Å². The Labute approximate surface area is 210 Å². The third-order valence-corrected chi connectivity index (χ3v) is 6.10. The molecule has 0 aromatic heterocycles. The van der Waals surface area contributed by atoms with Crippen LogP contribution in [0.5, 0.6) is 0 Å². The van der Waals surface area contributed by atoms with Gasteiger partial charge in [-0.3, -0.25) is 9.69 Å². The van der Waals surface area contributed by atoms with Gasteiger partial charge < -0.3 is 20.3 Å². The van der Waals surface area contributed by atoms with Gasteiger partial charge in [0.05, 0.1) is 19.8 Å². The number of halogens is 1. The average molecular weight is 558 g/mol. The van der Waals surface area contributed by atoms with Gasteiger partial charge in [-0.25, -0.2) is 4.99 Å². The van der Waals surface area contributed by atoms with E-state index in [9.17, 15) is 4.79 Å². The number of nitrogens with zero attached hydrogens (tertiary/aromatic N) is 3. The maximum Gasteiger partial charge on any atom is 0.226 e. The van der Waals surface area contributed by atoms with Gasteiger partial charge in [0.2, 0.25) is 5.91 Å². The number of amides is 1. The average Bonchev–Trinajstić information content (AvgIpc) is 2.79. The van der Waals surface area contributed by atoms with E-state index in [1.807, 2.05) is 17.0 Å². The molecular formula is C24H40IN5O2. The van der Waals surface area contributed by atoms with E-state index in [0.717, 1.165) is 76.0 Å². The predicted molar refractivity (Wildman–Crippen MR) is 142 cm³/mol. The normalized spacial score (nSPS) is 18.9. The van der Waals surface area contributed by atoms with Gasteiger partial charge in [0.25, 0.3) is 0 Å². The van der Waals surface area contributed by atoms with E-state index in [0.29, 0.717) is 24.9 Å². The maximum atomic E-state index is 12.1. The largest absolute Gasteiger partial charge is 0.379 e. The second kappa shape index (κ2) is 14.0. The molecule has 1 amide bonds. The number of rotatable bonds is 8. The standard InChI is InChI=1S/C24H39N5O2.HI/c1-4-25-24(27-18-22(19(2)3)28-13-15-31-16-14-28)26-17-20-8-10-21(11-9-20)29-12-6-5-7-23(29)30;/h8-11,19,22H,4-7,12-18H2,1-3H3,(H2,25,26,27);1H. The number of ether oxygens (including phenoxy) is 1. The van der Waals surface area contributed by atoms with Crippen LogP contribution >= 0.6 is 24.0 Å². The molecule has 2 aliphatic rings. The first-order chi connectivity index (χ1) is 15.1. The zero-order valence-corrected chi connectivity index (χ0v) is 22.1. The van der Waals surface area contributed by atoms with Crippen LogP contribution in [0.15, 0.2) is 29.3 Å². The van der Waals surface area contributed by atoms with Crippen LogP contribution in [-0.2, 0) is 16.1 Å². The minimum absolute atomic E-state index is 0. The molecule has 180 valence electrons. The first kappa shape index (κ1) is 26.9. The second-order valence-corrected chi connectivity index (χ2v) is 8.70. The predicted octanol–water partition coefficient (Wildman–Crippen LogP) is 3.23. The third-order valence-electron chi connectivity index (χ3n) is 6.10. The Morgan fingerprint density at radius 2 is 1.81 bits per heavy atom. The number of aliphatic imine (C=N–C) groups is 1. The number of piperidine rings is 1. The fraction of sp³-hybridized carbons (Fsp3) is 0.667. The lowest BCUT2D eigenvalue weighted by atomic mass is 10.0. The van der Waals surface area contributed by atoms with Gasteiger partial charge in [-0.2, -0.15) is 0 Å². The zero-order valence-electron chi connectivity index (χ0n) is 19.8. The molecule has 1 aromatic rings. The number of carbonyl (C=O) groups excluding carboxylic acids is 1. The highest BCUT2D eigenvalue weighted by Gasteiger charge is 2.24. The Morgan fingerprint density at radius 1 is 1.09 bits per heavy atom. The highest BCUT2D eigenvalue weighted by Crippen LogP contribution is 2.21. The van der Waals surface area contributed by atoms with Crippen molar-refractivity contribution in [1.29, 1.82) is 0 Å². The molecule has 2 fully saturated rings. The van der Waals surface area contributed by atoms with Crippen LogP contribution in [0, 0.1) is 5.92 Å². The van der Waals surface area contributed by atoms with Crippen LogP contribution in [0.2, 0.25) is 0 Å². The summed E-state index contributed by atoms with van der Waals surface area (Å²) in [5.74, 6) is 1.63. The number of anilines is 1. The van der Waals surface area contributed by atoms with Crippen molar-refractivity contribution in [3.8, 4) is 0 Å². The molecule has 2 N–H and O–H groups in total. The zero-order chi connectivity index (χ0) is 22.1. The second-order valence-electron chi connectivity index (χ2n) is 8.70. The summed E-state index contributed by atoms with van der Waals surface area (Å²) >= 11 is 0. The van der Waals surface area contributed by atoms with Gasteiger partial charge in [-0.05, 0) is 43.4 Å². The number of benzene rings is 1. The van der Waals surface area contributed by atoms with Crippen molar-refractivity contribution in [2.24, 2.45) is 10.9 Å². The molecule has 0 bridgehead atoms. The van der Waals surface area contributed by atoms with E-state index in [2.05, 4.69) is 48.4 Å². The number of hydrogen-bond acceptors (Lipinski definition) is 4. The molecule has 0 radical (unpaired) electrons. The van der Waals surface area contributed by atoms with Crippen LogP contribution in [-0.4, -0.2) is 68.7 Å². The van der Waals surface area contributed by atoms with E-state index in [1.54, 1.807) is 0 Å². The number of morpholine rings is 1. The molecule has 1 atom stereocenters. The van der Waals surface area contributed by atoms with Crippen molar-refractivity contribution in [2.75, 3.05) is 50.8 Å². The molecule has 8 heteroatoms. The summed E-state index contributed by atoms with van der Waals surface area (Å²) in [6.45, 7) is 13.4. The highest BCUT2D eigenvalue weighted by molar-refractivity contribution is 14.0. The maximum absolute atomic E-state index is 12.1. The lowest BCUT2D eigenvalue weighted by molar-refractivity contribution is -0.119. The summed E-state index contributed by atoms with van der Waals surface area (Å²) in [5, 5.41) is 6.90. The van der Waals surface area contributed by atoms with Crippen LogP contribution in [0.3, 0.4) is 0 Å². The lowest BCUT2D eigenvalue weighted by Gasteiger charge is -2.37. The van der Waals surface area contributed by atoms with Crippen LogP contribution in [0.25, 0.3) is 0 Å². The fourth-order valence-electron chi connectivity index (χ4n) is 4.27. The monoisotopic (exact) mass is 557 g/mol. The highest BCUT2D eigenvalue weighted by atomic mass is 127. The minimum Gasteiger partial charge on any atom is -0.379 e. The first-order valence-corrected chi connectivity index (χ1v) is 11.8. The Balaban J connectivity index is 0.00000363. The molecule has 2 saturated heterocycles. The van der Waals surface area contributed by atoms with Crippen LogP contribution in [0.1, 0.15) is 45.6 Å². The van der Waals surface area contributed by atoms with Gasteiger partial charge in [-0.15, -0.1) is 24.0 Å². The van der Waals surface area contributed by atoms with Gasteiger partial charge >= 0.3 is 0 Å². The van der Waals surface area contributed by atoms with Crippen molar-refractivity contribution in [3.63, 3.8) is 0 Å². The molecular weight excluding hydrogens is 517 g/mol. The van der Waals surface area contributed by atoms with E-state index >= 15 is 0 Å². The SMILES string of the molecule is CCNC(=NCc1ccc(N2CCCCC2=O)cc1)NCC(C(C)C)N1CCOCC1.I. The topological polar surface area (TPSA) is 69.2 Å². The Kier molecular flexibility index (Phi) is 11.7. The Morgan fingerprint density at radius 3 is 2.44 bits per heavy atom. The summed E-state index contributed by atoms with van der Waals surface area (Å²) in [5.41, 5.74) is 2.13. The van der Waals surface area contributed by atoms with Crippen molar-refractivity contribution in [1.82, 2.24) is 15.5 Å².